The first kappa shape index (κ1) is 12.6. The number of fused-ring (bicyclic) bond motifs is 1. The van der Waals surface area contributed by atoms with Gasteiger partial charge in [-0.15, -0.1) is 0 Å². The third kappa shape index (κ3) is 3.30. The Morgan fingerprint density at radius 2 is 2.12 bits per heavy atom. The van der Waals surface area contributed by atoms with Crippen molar-refractivity contribution in [2.75, 3.05) is 13.6 Å². The lowest BCUT2D eigenvalue weighted by Gasteiger charge is -2.12. The second kappa shape index (κ2) is 6.17. The van der Waals surface area contributed by atoms with Gasteiger partial charge in [-0.2, -0.15) is 5.10 Å². The molecule has 1 aromatic heterocycles. The number of aryl methyl sites for hydroxylation is 1. The van der Waals surface area contributed by atoms with Crippen LogP contribution in [0, 0.1) is 0 Å². The molecule has 4 heteroatoms. The first-order valence-electron chi connectivity index (χ1n) is 6.74. The van der Waals surface area contributed by atoms with E-state index >= 15 is 0 Å². The van der Waals surface area contributed by atoms with E-state index in [1.165, 1.54) is 49.1 Å². The van der Waals surface area contributed by atoms with E-state index in [1.807, 2.05) is 7.05 Å². The van der Waals surface area contributed by atoms with Gasteiger partial charge in [-0.05, 0) is 45.2 Å². The highest BCUT2D eigenvalue weighted by Crippen LogP contribution is 2.21. The van der Waals surface area contributed by atoms with Crippen molar-refractivity contribution in [3.05, 3.63) is 17.0 Å². The molecular weight excluding hydrogens is 212 g/mol. The Morgan fingerprint density at radius 1 is 1.29 bits per heavy atom. The number of aromatic nitrogens is 2. The molecule has 0 amide bonds. The number of hydrogen-bond donors (Lipinski definition) is 3. The summed E-state index contributed by atoms with van der Waals surface area (Å²) in [5.41, 5.74) is 4.08. The second-order valence-corrected chi connectivity index (χ2v) is 5.03. The van der Waals surface area contributed by atoms with E-state index in [0.717, 1.165) is 13.1 Å². The smallest absolute Gasteiger partial charge is 0.0794 e. The Labute approximate surface area is 104 Å². The Morgan fingerprint density at radius 3 is 2.94 bits per heavy atom. The molecule has 1 unspecified atom stereocenters. The molecule has 3 N–H and O–H groups in total. The molecule has 96 valence electrons. The standard InChI is InChI=1S/C13H24N4/c1-10(8-14-2)15-9-13-11-6-4-3-5-7-12(11)16-17-13/h10,14-15H,3-9H2,1-2H3,(H,16,17). The highest BCUT2D eigenvalue weighted by atomic mass is 15.1. The summed E-state index contributed by atoms with van der Waals surface area (Å²) in [6, 6.07) is 0.484. The number of nitrogens with zero attached hydrogens (tertiary/aromatic N) is 1. The van der Waals surface area contributed by atoms with E-state index in [4.69, 9.17) is 0 Å². The molecule has 0 aromatic carbocycles. The molecule has 1 aliphatic rings. The molecule has 2 rings (SSSR count). The minimum Gasteiger partial charge on any atom is -0.318 e. The van der Waals surface area contributed by atoms with Crippen LogP contribution in [0.1, 0.15) is 43.1 Å². The largest absolute Gasteiger partial charge is 0.318 e. The predicted molar refractivity (Wildman–Crippen MR) is 70.1 cm³/mol. The second-order valence-electron chi connectivity index (χ2n) is 5.03. The van der Waals surface area contributed by atoms with Crippen molar-refractivity contribution in [2.24, 2.45) is 0 Å². The van der Waals surface area contributed by atoms with Crippen LogP contribution >= 0.6 is 0 Å². The molecule has 1 aliphatic carbocycles. The fourth-order valence-corrected chi connectivity index (χ4v) is 2.52. The zero-order chi connectivity index (χ0) is 12.1. The summed E-state index contributed by atoms with van der Waals surface area (Å²) in [6.07, 6.45) is 6.34. The molecule has 0 bridgehead atoms. The lowest BCUT2D eigenvalue weighted by Crippen LogP contribution is -2.34. The Bertz CT molecular complexity index is 345. The number of aromatic amines is 1. The number of nitrogens with one attached hydrogen (secondary N) is 3. The molecule has 17 heavy (non-hydrogen) atoms. The van der Waals surface area contributed by atoms with E-state index < -0.39 is 0 Å². The molecule has 1 heterocycles. The third-order valence-corrected chi connectivity index (χ3v) is 3.52. The van der Waals surface area contributed by atoms with Crippen molar-refractivity contribution in [1.82, 2.24) is 20.8 Å². The van der Waals surface area contributed by atoms with Crippen LogP contribution in [0.15, 0.2) is 0 Å². The van der Waals surface area contributed by atoms with Gasteiger partial charge >= 0.3 is 0 Å². The normalized spacial score (nSPS) is 17.5. The van der Waals surface area contributed by atoms with Gasteiger partial charge in [0.05, 0.1) is 5.69 Å². The number of likely N-dealkylation sites (N-methyl/N-ethyl adjacent to an activating group) is 1. The van der Waals surface area contributed by atoms with Gasteiger partial charge in [0, 0.05) is 24.8 Å². The van der Waals surface area contributed by atoms with Gasteiger partial charge in [-0.25, -0.2) is 0 Å². The van der Waals surface area contributed by atoms with Gasteiger partial charge in [-0.1, -0.05) is 6.42 Å². The third-order valence-electron chi connectivity index (χ3n) is 3.52. The number of hydrogen-bond acceptors (Lipinski definition) is 3. The van der Waals surface area contributed by atoms with E-state index in [2.05, 4.69) is 27.8 Å². The molecular formula is C13H24N4. The fourth-order valence-electron chi connectivity index (χ4n) is 2.52. The molecule has 0 saturated carbocycles. The molecule has 0 aliphatic heterocycles. The SMILES string of the molecule is CNCC(C)NCc1n[nH]c2c1CCCCC2. The van der Waals surface area contributed by atoms with Crippen LogP contribution in [-0.2, 0) is 19.4 Å². The van der Waals surface area contributed by atoms with Crippen molar-refractivity contribution in [3.8, 4) is 0 Å². The van der Waals surface area contributed by atoms with Gasteiger partial charge in [0.1, 0.15) is 0 Å². The predicted octanol–water partition coefficient (Wildman–Crippen LogP) is 1.38. The Balaban J connectivity index is 1.94. The first-order valence-corrected chi connectivity index (χ1v) is 6.74. The highest BCUT2D eigenvalue weighted by Gasteiger charge is 2.15. The van der Waals surface area contributed by atoms with Crippen molar-refractivity contribution < 1.29 is 0 Å². The summed E-state index contributed by atoms with van der Waals surface area (Å²) in [5.74, 6) is 0. The van der Waals surface area contributed by atoms with E-state index in [-0.39, 0.29) is 0 Å². The maximum absolute atomic E-state index is 4.46. The van der Waals surface area contributed by atoms with Crippen molar-refractivity contribution in [3.63, 3.8) is 0 Å². The molecule has 4 nitrogen and oxygen atoms in total. The zero-order valence-electron chi connectivity index (χ0n) is 11.0. The van der Waals surface area contributed by atoms with Gasteiger partial charge in [0.25, 0.3) is 0 Å². The van der Waals surface area contributed by atoms with Crippen molar-refractivity contribution in [1.29, 1.82) is 0 Å². The Kier molecular flexibility index (Phi) is 4.57. The molecule has 0 spiro atoms. The number of H-pyrrole nitrogens is 1. The molecule has 0 saturated heterocycles. The van der Waals surface area contributed by atoms with Crippen molar-refractivity contribution in [2.45, 2.75) is 51.6 Å². The fraction of sp³-hybridized carbons (Fsp3) is 0.769. The molecule has 1 atom stereocenters. The van der Waals surface area contributed by atoms with Gasteiger partial charge in [0.15, 0.2) is 0 Å². The van der Waals surface area contributed by atoms with E-state index in [0.29, 0.717) is 6.04 Å². The lowest BCUT2D eigenvalue weighted by atomic mass is 10.1. The van der Waals surface area contributed by atoms with Crippen LogP contribution in [0.2, 0.25) is 0 Å². The maximum atomic E-state index is 4.46. The maximum Gasteiger partial charge on any atom is 0.0794 e. The summed E-state index contributed by atoms with van der Waals surface area (Å²) < 4.78 is 0. The van der Waals surface area contributed by atoms with Crippen LogP contribution in [-0.4, -0.2) is 29.8 Å². The van der Waals surface area contributed by atoms with Crippen molar-refractivity contribution >= 4 is 0 Å². The first-order chi connectivity index (χ1) is 8.31. The van der Waals surface area contributed by atoms with Gasteiger partial charge < -0.3 is 10.6 Å². The van der Waals surface area contributed by atoms with Crippen LogP contribution in [0.25, 0.3) is 0 Å². The van der Waals surface area contributed by atoms with Crippen LogP contribution < -0.4 is 10.6 Å². The Hall–Kier alpha value is -0.870. The highest BCUT2D eigenvalue weighted by molar-refractivity contribution is 5.26. The molecule has 1 aromatic rings. The van der Waals surface area contributed by atoms with Crippen LogP contribution in [0.5, 0.6) is 0 Å². The van der Waals surface area contributed by atoms with E-state index in [1.54, 1.807) is 0 Å². The molecule has 0 radical (unpaired) electrons. The van der Waals surface area contributed by atoms with Gasteiger partial charge in [-0.3, -0.25) is 5.10 Å². The van der Waals surface area contributed by atoms with Crippen LogP contribution in [0.3, 0.4) is 0 Å². The van der Waals surface area contributed by atoms with E-state index in [9.17, 15) is 0 Å². The minimum absolute atomic E-state index is 0.484. The topological polar surface area (TPSA) is 52.7 Å². The summed E-state index contributed by atoms with van der Waals surface area (Å²) in [5, 5.41) is 14.4. The summed E-state index contributed by atoms with van der Waals surface area (Å²) >= 11 is 0. The van der Waals surface area contributed by atoms with Crippen LogP contribution in [0.4, 0.5) is 0 Å². The zero-order valence-corrected chi connectivity index (χ0v) is 11.0. The average Bonchev–Trinajstić information content (AvgIpc) is 2.56. The quantitative estimate of drug-likeness (QED) is 0.677. The summed E-state index contributed by atoms with van der Waals surface area (Å²) in [7, 11) is 1.98. The minimum atomic E-state index is 0.484. The van der Waals surface area contributed by atoms with Gasteiger partial charge in [0.2, 0.25) is 0 Å². The molecule has 0 fully saturated rings. The number of rotatable bonds is 5. The lowest BCUT2D eigenvalue weighted by molar-refractivity contribution is 0.516. The summed E-state index contributed by atoms with van der Waals surface area (Å²) in [4.78, 5) is 0. The summed E-state index contributed by atoms with van der Waals surface area (Å²) in [6.45, 7) is 4.07. The monoisotopic (exact) mass is 236 g/mol. The average molecular weight is 236 g/mol.